The first kappa shape index (κ1) is 21.2. The van der Waals surface area contributed by atoms with Crippen LogP contribution in [0.25, 0.3) is 0 Å². The Morgan fingerprint density at radius 3 is 2.61 bits per heavy atom. The van der Waals surface area contributed by atoms with Gasteiger partial charge in [-0.3, -0.25) is 0 Å². The van der Waals surface area contributed by atoms with Crippen LogP contribution in [0.4, 0.5) is 0 Å². The molecule has 0 bridgehead atoms. The van der Waals surface area contributed by atoms with Gasteiger partial charge in [0.05, 0.1) is 0 Å². The van der Waals surface area contributed by atoms with Gasteiger partial charge in [0.1, 0.15) is 0 Å². The summed E-state index contributed by atoms with van der Waals surface area (Å²) in [5.41, 5.74) is 1.13. The van der Waals surface area contributed by atoms with Gasteiger partial charge in [0, 0.05) is 0 Å². The van der Waals surface area contributed by atoms with Crippen LogP contribution in [0.15, 0.2) is 18.2 Å². The van der Waals surface area contributed by atoms with E-state index >= 15 is 0 Å². The van der Waals surface area contributed by atoms with Gasteiger partial charge in [0.2, 0.25) is 0 Å². The van der Waals surface area contributed by atoms with E-state index in [0.29, 0.717) is 8.73 Å². The molecule has 134 valence electrons. The molecule has 0 saturated heterocycles. The average Bonchev–Trinajstić information content (AvgIpc) is 2.45. The second-order valence-corrected chi connectivity index (χ2v) is 12.6. The molecule has 0 heterocycles. The van der Waals surface area contributed by atoms with Crippen LogP contribution in [0.2, 0.25) is 0 Å². The molecule has 2 N–H and O–H groups in total. The fraction of sp³-hybridized carbons (Fsp3) is 0.625. The van der Waals surface area contributed by atoms with Crippen molar-refractivity contribution in [3.8, 4) is 5.75 Å². The second kappa shape index (κ2) is 10.2. The zero-order chi connectivity index (χ0) is 17.5. The average molecular weight is 379 g/mol. The van der Waals surface area contributed by atoms with Crippen molar-refractivity contribution < 1.29 is 14.4 Å². The van der Waals surface area contributed by atoms with Crippen LogP contribution >= 0.6 is 25.5 Å². The molecule has 1 rings (SSSR count). The number of nitrogens with one attached hydrogen (secondary N) is 1. The molecular formula is C16H32NO3P3. The van der Waals surface area contributed by atoms with Crippen LogP contribution in [0.5, 0.6) is 5.75 Å². The summed E-state index contributed by atoms with van der Waals surface area (Å²) in [4.78, 5) is 0. The van der Waals surface area contributed by atoms with Crippen molar-refractivity contribution in [3.05, 3.63) is 23.8 Å². The van der Waals surface area contributed by atoms with E-state index in [0.717, 1.165) is 29.6 Å². The maximum atomic E-state index is 9.25. The van der Waals surface area contributed by atoms with Crippen molar-refractivity contribution in [1.82, 2.24) is 5.09 Å². The summed E-state index contributed by atoms with van der Waals surface area (Å²) < 4.78 is 12.2. The Bertz CT molecular complexity index is 480. The van der Waals surface area contributed by atoms with E-state index in [4.69, 9.17) is 9.26 Å². The number of ether oxygens (including phenoxy) is 1. The molecule has 1 aromatic rings. The third-order valence-electron chi connectivity index (χ3n) is 3.15. The van der Waals surface area contributed by atoms with Gasteiger partial charge in [0.25, 0.3) is 0 Å². The fourth-order valence-electron chi connectivity index (χ4n) is 2.22. The van der Waals surface area contributed by atoms with Crippen LogP contribution in [0.3, 0.4) is 0 Å². The predicted octanol–water partition coefficient (Wildman–Crippen LogP) is 2.24. The molecule has 23 heavy (non-hydrogen) atoms. The van der Waals surface area contributed by atoms with Crippen molar-refractivity contribution >= 4 is 30.8 Å². The monoisotopic (exact) mass is 379 g/mol. The zero-order valence-electron chi connectivity index (χ0n) is 14.8. The summed E-state index contributed by atoms with van der Waals surface area (Å²) in [6.07, 6.45) is 0.726. The zero-order valence-corrected chi connectivity index (χ0v) is 18.0. The molecule has 4 nitrogen and oxygen atoms in total. The van der Waals surface area contributed by atoms with Crippen LogP contribution in [0, 0.1) is 0 Å². The van der Waals surface area contributed by atoms with Gasteiger partial charge in [-0.1, -0.05) is 0 Å². The normalized spacial score (nSPS) is 15.8. The minimum atomic E-state index is -1.61. The molecule has 4 atom stereocenters. The van der Waals surface area contributed by atoms with Crippen LogP contribution < -0.4 is 15.1 Å². The van der Waals surface area contributed by atoms with Gasteiger partial charge < -0.3 is 0 Å². The Labute approximate surface area is 145 Å². The van der Waals surface area contributed by atoms with Gasteiger partial charge in [0.15, 0.2) is 0 Å². The van der Waals surface area contributed by atoms with Crippen molar-refractivity contribution in [1.29, 1.82) is 0 Å². The standard InChI is InChI=1S/C16H32NO3P3/c1-12(11-18)19-16-9-15(21)7-6-13(16)8-14(10-17-22-2)20-23(3,4)5/h6-7,9,12,14,17-18,22-23H,8,10-11,21H2,1-5H3/t12-,14?/m1/s1. The summed E-state index contributed by atoms with van der Waals surface area (Å²) >= 11 is 0. The van der Waals surface area contributed by atoms with Crippen molar-refractivity contribution in [3.63, 3.8) is 0 Å². The molecule has 0 amide bonds. The van der Waals surface area contributed by atoms with E-state index < -0.39 is 7.49 Å². The SMILES string of the molecule is CPNCC(Cc1ccc(P)cc1O[C@H](C)CO)O[PH](C)(C)C. The second-order valence-electron chi connectivity index (χ2n) is 6.67. The van der Waals surface area contributed by atoms with Gasteiger partial charge in [-0.15, -0.1) is 0 Å². The summed E-state index contributed by atoms with van der Waals surface area (Å²) in [7, 11) is 1.78. The first-order chi connectivity index (χ1) is 10.7. The maximum absolute atomic E-state index is 9.25. The fourth-order valence-corrected chi connectivity index (χ4v) is 4.07. The van der Waals surface area contributed by atoms with Crippen LogP contribution in [0.1, 0.15) is 12.5 Å². The molecule has 0 aliphatic rings. The molecule has 3 unspecified atom stereocenters. The number of rotatable bonds is 10. The van der Waals surface area contributed by atoms with Crippen molar-refractivity contribution in [2.75, 3.05) is 39.8 Å². The Morgan fingerprint density at radius 1 is 1.35 bits per heavy atom. The predicted molar refractivity (Wildman–Crippen MR) is 110 cm³/mol. The van der Waals surface area contributed by atoms with Gasteiger partial charge in [-0.2, -0.15) is 0 Å². The molecule has 0 saturated carbocycles. The third-order valence-corrected chi connectivity index (χ3v) is 5.11. The molecule has 0 radical (unpaired) electrons. The third kappa shape index (κ3) is 8.73. The van der Waals surface area contributed by atoms with E-state index in [2.05, 4.69) is 53.1 Å². The molecule has 0 aliphatic heterocycles. The van der Waals surface area contributed by atoms with E-state index in [1.165, 1.54) is 0 Å². The van der Waals surface area contributed by atoms with Gasteiger partial charge in [-0.05, 0) is 0 Å². The molecule has 0 aromatic heterocycles. The Morgan fingerprint density at radius 2 is 2.04 bits per heavy atom. The molecule has 0 fully saturated rings. The number of aliphatic hydroxyl groups excluding tert-OH is 1. The molecule has 1 aromatic carbocycles. The van der Waals surface area contributed by atoms with E-state index in [-0.39, 0.29) is 18.8 Å². The number of aliphatic hydroxyl groups is 1. The summed E-state index contributed by atoms with van der Waals surface area (Å²) in [6.45, 7) is 11.5. The first-order valence-corrected chi connectivity index (χ1v) is 13.5. The van der Waals surface area contributed by atoms with Crippen molar-refractivity contribution in [2.24, 2.45) is 0 Å². The summed E-state index contributed by atoms with van der Waals surface area (Å²) in [6, 6.07) is 6.17. The topological polar surface area (TPSA) is 50.7 Å². The van der Waals surface area contributed by atoms with Crippen molar-refractivity contribution in [2.45, 2.75) is 25.6 Å². The molecule has 0 spiro atoms. The van der Waals surface area contributed by atoms with Gasteiger partial charge in [-0.25, -0.2) is 0 Å². The Hall–Kier alpha value is 0.190. The Kier molecular flexibility index (Phi) is 9.46. The van der Waals surface area contributed by atoms with Gasteiger partial charge >= 0.3 is 145 Å². The number of hydrogen-bond acceptors (Lipinski definition) is 4. The summed E-state index contributed by atoms with van der Waals surface area (Å²) in [5.74, 6) is 0.835. The van der Waals surface area contributed by atoms with E-state index in [1.807, 2.05) is 13.0 Å². The number of benzene rings is 1. The molecular weight excluding hydrogens is 347 g/mol. The summed E-state index contributed by atoms with van der Waals surface area (Å²) in [5, 5.41) is 13.7. The van der Waals surface area contributed by atoms with Crippen LogP contribution in [-0.4, -0.2) is 57.1 Å². The molecule has 7 heteroatoms. The molecule has 0 aliphatic carbocycles. The van der Waals surface area contributed by atoms with Crippen LogP contribution in [-0.2, 0) is 10.9 Å². The van der Waals surface area contributed by atoms with E-state index in [1.54, 1.807) is 0 Å². The number of hydrogen-bond donors (Lipinski definition) is 2. The van der Waals surface area contributed by atoms with E-state index in [9.17, 15) is 5.11 Å². The Balaban J connectivity index is 2.92. The first-order valence-electron chi connectivity index (χ1n) is 7.98. The minimum absolute atomic E-state index is 0.00781. The quantitative estimate of drug-likeness (QED) is 0.613.